The van der Waals surface area contributed by atoms with Gasteiger partial charge < -0.3 is 9.26 Å². The third kappa shape index (κ3) is 3.35. The van der Waals surface area contributed by atoms with E-state index in [0.29, 0.717) is 16.4 Å². The summed E-state index contributed by atoms with van der Waals surface area (Å²) >= 11 is 1.35. The number of nitrogens with zero attached hydrogens (tertiary/aromatic N) is 1. The molecule has 24 heavy (non-hydrogen) atoms. The lowest BCUT2D eigenvalue weighted by atomic mass is 10.2. The fourth-order valence-corrected chi connectivity index (χ4v) is 4.85. The van der Waals surface area contributed by atoms with Crippen molar-refractivity contribution in [3.63, 3.8) is 0 Å². The molecule has 0 aliphatic rings. The number of hydrogen-bond acceptors (Lipinski definition) is 6. The maximum Gasteiger partial charge on any atom is 0.241 e. The molecule has 0 saturated heterocycles. The van der Waals surface area contributed by atoms with Gasteiger partial charge >= 0.3 is 0 Å². The number of aromatic nitrogens is 1. The Morgan fingerprint density at radius 3 is 2.79 bits per heavy atom. The Hall–Kier alpha value is -2.16. The molecule has 0 bridgehead atoms. The highest BCUT2D eigenvalue weighted by molar-refractivity contribution is 7.89. The van der Waals surface area contributed by atoms with Crippen LogP contribution in [0.25, 0.3) is 10.6 Å². The molecule has 2 aromatic heterocycles. The Kier molecular flexibility index (Phi) is 4.70. The Balaban J connectivity index is 1.83. The molecule has 3 rings (SSSR count). The van der Waals surface area contributed by atoms with Gasteiger partial charge in [0, 0.05) is 23.1 Å². The van der Waals surface area contributed by atoms with Crippen molar-refractivity contribution in [2.24, 2.45) is 0 Å². The summed E-state index contributed by atoms with van der Waals surface area (Å²) in [6.45, 7) is 1.92. The van der Waals surface area contributed by atoms with E-state index in [9.17, 15) is 8.42 Å². The average Bonchev–Trinajstić information content (AvgIpc) is 3.22. The highest BCUT2D eigenvalue weighted by atomic mass is 32.2. The molecule has 0 radical (unpaired) electrons. The van der Waals surface area contributed by atoms with E-state index in [1.54, 1.807) is 32.2 Å². The van der Waals surface area contributed by atoms with Gasteiger partial charge in [0.2, 0.25) is 10.0 Å². The van der Waals surface area contributed by atoms with Gasteiger partial charge in [0.15, 0.2) is 5.76 Å². The van der Waals surface area contributed by atoms with E-state index >= 15 is 0 Å². The number of sulfonamides is 1. The molecule has 0 fully saturated rings. The second kappa shape index (κ2) is 6.76. The predicted molar refractivity (Wildman–Crippen MR) is 91.6 cm³/mol. The Morgan fingerprint density at radius 1 is 1.29 bits per heavy atom. The van der Waals surface area contributed by atoms with Crippen molar-refractivity contribution < 1.29 is 17.7 Å². The largest absolute Gasteiger partial charge is 0.496 e. The molecule has 0 atom stereocenters. The number of benzene rings is 1. The lowest BCUT2D eigenvalue weighted by molar-refractivity contribution is 0.409. The molecule has 0 unspecified atom stereocenters. The zero-order valence-corrected chi connectivity index (χ0v) is 14.8. The minimum absolute atomic E-state index is 0.152. The molecule has 1 N–H and O–H groups in total. The highest BCUT2D eigenvalue weighted by Crippen LogP contribution is 2.33. The van der Waals surface area contributed by atoms with E-state index in [4.69, 9.17) is 9.26 Å². The van der Waals surface area contributed by atoms with Crippen LogP contribution in [0, 0.1) is 6.92 Å². The zero-order chi connectivity index (χ0) is 17.2. The van der Waals surface area contributed by atoms with E-state index in [2.05, 4.69) is 9.88 Å². The van der Waals surface area contributed by atoms with Crippen molar-refractivity contribution in [2.75, 3.05) is 7.11 Å². The molecule has 0 saturated carbocycles. The summed E-state index contributed by atoms with van der Waals surface area (Å²) in [5.41, 5.74) is 0.770. The standard InChI is InChI=1S/C16H16N2O4S2/c1-11-16(9-15(23-11)14-7-8-17-22-14)24(19,20)18-10-12-5-3-4-6-13(12)21-2/h3-9,18H,10H2,1-2H3. The lowest BCUT2D eigenvalue weighted by Crippen LogP contribution is -2.23. The molecular weight excluding hydrogens is 348 g/mol. The Morgan fingerprint density at radius 2 is 2.08 bits per heavy atom. The summed E-state index contributed by atoms with van der Waals surface area (Å²) in [6.07, 6.45) is 1.53. The fraction of sp³-hybridized carbons (Fsp3) is 0.188. The minimum atomic E-state index is -3.64. The second-order valence-corrected chi connectivity index (χ2v) is 8.04. The predicted octanol–water partition coefficient (Wildman–Crippen LogP) is 3.20. The van der Waals surface area contributed by atoms with Crippen molar-refractivity contribution in [1.82, 2.24) is 9.88 Å². The first kappa shape index (κ1) is 16.7. The molecular formula is C16H16N2O4S2. The summed E-state index contributed by atoms with van der Waals surface area (Å²) in [6, 6.07) is 10.6. The summed E-state index contributed by atoms with van der Waals surface area (Å²) in [5.74, 6) is 1.19. The van der Waals surface area contributed by atoms with E-state index in [1.807, 2.05) is 18.2 Å². The van der Waals surface area contributed by atoms with Gasteiger partial charge in [0.05, 0.1) is 23.1 Å². The van der Waals surface area contributed by atoms with Gasteiger partial charge in [-0.05, 0) is 19.1 Å². The van der Waals surface area contributed by atoms with Gasteiger partial charge in [-0.15, -0.1) is 11.3 Å². The SMILES string of the molecule is COc1ccccc1CNS(=O)(=O)c1cc(-c2ccno2)sc1C. The number of thiophene rings is 1. The third-order valence-corrected chi connectivity index (χ3v) is 6.21. The van der Waals surface area contributed by atoms with Crippen molar-refractivity contribution in [1.29, 1.82) is 0 Å². The van der Waals surface area contributed by atoms with Crippen LogP contribution in [0.15, 0.2) is 52.0 Å². The summed E-state index contributed by atoms with van der Waals surface area (Å²) in [7, 11) is -2.09. The first-order valence-electron chi connectivity index (χ1n) is 7.14. The Labute approximate surface area is 144 Å². The van der Waals surface area contributed by atoms with E-state index < -0.39 is 10.0 Å². The van der Waals surface area contributed by atoms with Crippen LogP contribution >= 0.6 is 11.3 Å². The van der Waals surface area contributed by atoms with Crippen molar-refractivity contribution in [3.05, 3.63) is 53.0 Å². The molecule has 126 valence electrons. The maximum absolute atomic E-state index is 12.6. The second-order valence-electron chi connectivity index (χ2n) is 5.04. The van der Waals surface area contributed by atoms with Crippen LogP contribution in [0.2, 0.25) is 0 Å². The van der Waals surface area contributed by atoms with Crippen LogP contribution in [0.3, 0.4) is 0 Å². The fourth-order valence-electron chi connectivity index (χ4n) is 2.30. The zero-order valence-electron chi connectivity index (χ0n) is 13.1. The first-order chi connectivity index (χ1) is 11.5. The Bertz CT molecular complexity index is 931. The van der Waals surface area contributed by atoms with Crippen LogP contribution < -0.4 is 9.46 Å². The van der Waals surface area contributed by atoms with Crippen molar-refractivity contribution in [3.8, 4) is 16.4 Å². The average molecular weight is 364 g/mol. The highest BCUT2D eigenvalue weighted by Gasteiger charge is 2.21. The van der Waals surface area contributed by atoms with Crippen molar-refractivity contribution in [2.45, 2.75) is 18.4 Å². The number of hydrogen-bond donors (Lipinski definition) is 1. The molecule has 8 heteroatoms. The maximum atomic E-state index is 12.6. The van der Waals surface area contributed by atoms with Gasteiger partial charge in [-0.25, -0.2) is 13.1 Å². The molecule has 3 aromatic rings. The molecule has 0 aliphatic heterocycles. The van der Waals surface area contributed by atoms with Crippen LogP contribution in [-0.4, -0.2) is 20.7 Å². The number of para-hydroxylation sites is 1. The van der Waals surface area contributed by atoms with Crippen LogP contribution in [0.5, 0.6) is 5.75 Å². The molecule has 6 nitrogen and oxygen atoms in total. The normalized spacial score (nSPS) is 11.6. The molecule has 1 aromatic carbocycles. The number of nitrogens with one attached hydrogen (secondary N) is 1. The van der Waals surface area contributed by atoms with Gasteiger partial charge in [-0.1, -0.05) is 23.4 Å². The lowest BCUT2D eigenvalue weighted by Gasteiger charge is -2.09. The van der Waals surface area contributed by atoms with Crippen LogP contribution in [-0.2, 0) is 16.6 Å². The van der Waals surface area contributed by atoms with Gasteiger partial charge in [0.25, 0.3) is 0 Å². The molecule has 2 heterocycles. The third-order valence-electron chi connectivity index (χ3n) is 3.49. The smallest absolute Gasteiger partial charge is 0.241 e. The van der Waals surface area contributed by atoms with E-state index in [0.717, 1.165) is 10.4 Å². The van der Waals surface area contributed by atoms with Gasteiger partial charge in [0.1, 0.15) is 5.75 Å². The quantitative estimate of drug-likeness (QED) is 0.726. The first-order valence-corrected chi connectivity index (χ1v) is 9.44. The molecule has 0 amide bonds. The summed E-state index contributed by atoms with van der Waals surface area (Å²) < 4.78 is 38.2. The molecule has 0 spiro atoms. The van der Waals surface area contributed by atoms with E-state index in [-0.39, 0.29) is 11.4 Å². The number of ether oxygens (including phenoxy) is 1. The topological polar surface area (TPSA) is 81.4 Å². The van der Waals surface area contributed by atoms with E-state index in [1.165, 1.54) is 17.5 Å². The number of methoxy groups -OCH3 is 1. The number of aryl methyl sites for hydroxylation is 1. The molecule has 0 aliphatic carbocycles. The van der Waals surface area contributed by atoms with Gasteiger partial charge in [-0.2, -0.15) is 0 Å². The van der Waals surface area contributed by atoms with Crippen molar-refractivity contribution >= 4 is 21.4 Å². The summed E-state index contributed by atoms with van der Waals surface area (Å²) in [4.78, 5) is 1.66. The monoisotopic (exact) mass is 364 g/mol. The minimum Gasteiger partial charge on any atom is -0.496 e. The summed E-state index contributed by atoms with van der Waals surface area (Å²) in [5, 5.41) is 3.65. The van der Waals surface area contributed by atoms with Crippen LogP contribution in [0.1, 0.15) is 10.4 Å². The number of rotatable bonds is 6. The van der Waals surface area contributed by atoms with Crippen LogP contribution in [0.4, 0.5) is 0 Å². The van der Waals surface area contributed by atoms with Gasteiger partial charge in [-0.3, -0.25) is 0 Å².